The molecule has 6 nitrogen and oxygen atoms in total. The van der Waals surface area contributed by atoms with Crippen molar-refractivity contribution in [1.29, 1.82) is 0 Å². The van der Waals surface area contributed by atoms with Gasteiger partial charge in [-0.3, -0.25) is 4.79 Å². The number of carbonyl (C=O) groups is 1. The molecule has 0 fully saturated rings. The molecule has 2 aromatic rings. The molecule has 0 bridgehead atoms. The Hall–Kier alpha value is -1.41. The molecule has 0 saturated heterocycles. The molecule has 0 spiro atoms. The molecular weight excluding hydrogens is 282 g/mol. The first kappa shape index (κ1) is 14.0. The number of hydrogen-bond acceptors (Lipinski definition) is 6. The van der Waals surface area contributed by atoms with Crippen LogP contribution in [0.4, 0.5) is 0 Å². The highest BCUT2D eigenvalue weighted by molar-refractivity contribution is 8.00. The molecule has 1 atom stereocenters. The Kier molecular flexibility index (Phi) is 4.92. The summed E-state index contributed by atoms with van der Waals surface area (Å²) in [5, 5.41) is 16.5. The van der Waals surface area contributed by atoms with E-state index in [1.807, 2.05) is 18.4 Å². The van der Waals surface area contributed by atoms with Crippen molar-refractivity contribution in [3.63, 3.8) is 0 Å². The maximum Gasteiger partial charge on any atom is 0.233 e. The molecular formula is C11H15N5OS2. The number of aromatic nitrogens is 4. The van der Waals surface area contributed by atoms with Crippen LogP contribution < -0.4 is 5.32 Å². The normalized spacial score (nSPS) is 12.3. The van der Waals surface area contributed by atoms with Gasteiger partial charge in [0.2, 0.25) is 11.1 Å². The minimum Gasteiger partial charge on any atom is -0.355 e. The van der Waals surface area contributed by atoms with E-state index < -0.39 is 0 Å². The second-order valence-electron chi connectivity index (χ2n) is 3.97. The highest BCUT2D eigenvalue weighted by Crippen LogP contribution is 2.19. The first-order chi connectivity index (χ1) is 9.16. The molecule has 102 valence electrons. The van der Waals surface area contributed by atoms with E-state index in [0.29, 0.717) is 11.7 Å². The van der Waals surface area contributed by atoms with Gasteiger partial charge >= 0.3 is 0 Å². The van der Waals surface area contributed by atoms with Crippen molar-refractivity contribution in [3.8, 4) is 0 Å². The maximum atomic E-state index is 11.9. The van der Waals surface area contributed by atoms with Crippen molar-refractivity contribution in [2.75, 3.05) is 6.54 Å². The van der Waals surface area contributed by atoms with E-state index in [0.717, 1.165) is 6.42 Å². The number of nitrogens with one attached hydrogen (secondary N) is 1. The molecule has 0 aliphatic carbocycles. The Morgan fingerprint density at radius 3 is 3.11 bits per heavy atom. The fraction of sp³-hybridized carbons (Fsp3) is 0.455. The topological polar surface area (TPSA) is 72.7 Å². The van der Waals surface area contributed by atoms with Crippen LogP contribution in [0.15, 0.2) is 22.7 Å². The average molecular weight is 297 g/mol. The zero-order valence-corrected chi connectivity index (χ0v) is 12.4. The van der Waals surface area contributed by atoms with Crippen LogP contribution in [-0.4, -0.2) is 37.9 Å². The summed E-state index contributed by atoms with van der Waals surface area (Å²) in [6, 6.07) is 4.08. The number of aryl methyl sites for hydroxylation is 1. The molecule has 0 aliphatic rings. The highest BCUT2D eigenvalue weighted by atomic mass is 32.2. The number of nitrogens with zero attached hydrogens (tertiary/aromatic N) is 4. The van der Waals surface area contributed by atoms with Crippen molar-refractivity contribution in [1.82, 2.24) is 25.5 Å². The Morgan fingerprint density at radius 1 is 1.63 bits per heavy atom. The molecule has 0 radical (unpaired) electrons. The van der Waals surface area contributed by atoms with Crippen LogP contribution in [-0.2, 0) is 18.3 Å². The van der Waals surface area contributed by atoms with Crippen molar-refractivity contribution < 1.29 is 4.79 Å². The number of amides is 1. The number of thiophene rings is 1. The molecule has 2 heterocycles. The third kappa shape index (κ3) is 4.03. The lowest BCUT2D eigenvalue weighted by Gasteiger charge is -2.10. The number of hydrogen-bond donors (Lipinski definition) is 1. The van der Waals surface area contributed by atoms with Crippen LogP contribution in [0.2, 0.25) is 0 Å². The summed E-state index contributed by atoms with van der Waals surface area (Å²) >= 11 is 3.05. The van der Waals surface area contributed by atoms with Gasteiger partial charge in [0.25, 0.3) is 0 Å². The Bertz CT molecular complexity index is 525. The smallest absolute Gasteiger partial charge is 0.233 e. The Morgan fingerprint density at radius 2 is 2.47 bits per heavy atom. The van der Waals surface area contributed by atoms with Crippen LogP contribution in [0.1, 0.15) is 11.8 Å². The van der Waals surface area contributed by atoms with Gasteiger partial charge in [0, 0.05) is 18.5 Å². The first-order valence-corrected chi connectivity index (χ1v) is 7.62. The molecule has 2 aromatic heterocycles. The quantitative estimate of drug-likeness (QED) is 0.809. The van der Waals surface area contributed by atoms with Gasteiger partial charge in [-0.1, -0.05) is 17.8 Å². The van der Waals surface area contributed by atoms with E-state index in [4.69, 9.17) is 0 Å². The van der Waals surface area contributed by atoms with Gasteiger partial charge in [-0.2, -0.15) is 0 Å². The van der Waals surface area contributed by atoms with Crippen LogP contribution in [0, 0.1) is 0 Å². The summed E-state index contributed by atoms with van der Waals surface area (Å²) in [5.41, 5.74) is 0. The van der Waals surface area contributed by atoms with E-state index >= 15 is 0 Å². The average Bonchev–Trinajstić information content (AvgIpc) is 3.02. The predicted octanol–water partition coefficient (Wildman–Crippen LogP) is 1.11. The second kappa shape index (κ2) is 6.67. The van der Waals surface area contributed by atoms with Gasteiger partial charge in [0.05, 0.1) is 5.25 Å². The predicted molar refractivity (Wildman–Crippen MR) is 75.1 cm³/mol. The number of tetrazole rings is 1. The summed E-state index contributed by atoms with van der Waals surface area (Å²) in [5.74, 6) is 0.00422. The summed E-state index contributed by atoms with van der Waals surface area (Å²) in [6.07, 6.45) is 0.867. The van der Waals surface area contributed by atoms with Crippen molar-refractivity contribution in [2.45, 2.75) is 23.8 Å². The molecule has 0 saturated carbocycles. The monoisotopic (exact) mass is 297 g/mol. The molecule has 1 unspecified atom stereocenters. The number of rotatable bonds is 6. The molecule has 1 amide bonds. The van der Waals surface area contributed by atoms with Gasteiger partial charge in [0.1, 0.15) is 0 Å². The molecule has 2 rings (SSSR count). The lowest BCUT2D eigenvalue weighted by atomic mass is 10.3. The Labute approximate surface area is 119 Å². The van der Waals surface area contributed by atoms with E-state index in [-0.39, 0.29) is 11.2 Å². The lowest BCUT2D eigenvalue weighted by molar-refractivity contribution is -0.120. The van der Waals surface area contributed by atoms with Gasteiger partial charge in [-0.15, -0.1) is 16.4 Å². The number of thioether (sulfide) groups is 1. The molecule has 0 aliphatic heterocycles. The largest absolute Gasteiger partial charge is 0.355 e. The van der Waals surface area contributed by atoms with Crippen molar-refractivity contribution in [3.05, 3.63) is 22.4 Å². The minimum atomic E-state index is -0.215. The first-order valence-electron chi connectivity index (χ1n) is 5.86. The van der Waals surface area contributed by atoms with Crippen molar-refractivity contribution >= 4 is 29.0 Å². The SMILES string of the molecule is CC(Sc1nnnn1C)C(=O)NCCc1cccs1. The fourth-order valence-corrected chi connectivity index (χ4v) is 2.93. The van der Waals surface area contributed by atoms with Crippen LogP contribution in [0.5, 0.6) is 0 Å². The van der Waals surface area contributed by atoms with Crippen LogP contribution in [0.25, 0.3) is 0 Å². The van der Waals surface area contributed by atoms with Gasteiger partial charge in [0.15, 0.2) is 0 Å². The molecule has 0 aromatic carbocycles. The highest BCUT2D eigenvalue weighted by Gasteiger charge is 2.17. The summed E-state index contributed by atoms with van der Waals surface area (Å²) in [4.78, 5) is 13.2. The lowest BCUT2D eigenvalue weighted by Crippen LogP contribution is -2.32. The molecule has 1 N–H and O–H groups in total. The third-order valence-electron chi connectivity index (χ3n) is 2.48. The summed E-state index contributed by atoms with van der Waals surface area (Å²) < 4.78 is 1.56. The maximum absolute atomic E-state index is 11.9. The number of carbonyl (C=O) groups excluding carboxylic acids is 1. The molecule has 8 heteroatoms. The van der Waals surface area contributed by atoms with Crippen LogP contribution in [0.3, 0.4) is 0 Å². The second-order valence-corrected chi connectivity index (χ2v) is 6.31. The van der Waals surface area contributed by atoms with Gasteiger partial charge in [-0.05, 0) is 35.2 Å². The van der Waals surface area contributed by atoms with E-state index in [9.17, 15) is 4.79 Å². The van der Waals surface area contributed by atoms with E-state index in [1.54, 1.807) is 23.1 Å². The van der Waals surface area contributed by atoms with Crippen molar-refractivity contribution in [2.24, 2.45) is 7.05 Å². The van der Waals surface area contributed by atoms with E-state index in [1.165, 1.54) is 16.6 Å². The van der Waals surface area contributed by atoms with Crippen LogP contribution >= 0.6 is 23.1 Å². The summed E-state index contributed by atoms with van der Waals surface area (Å²) in [6.45, 7) is 2.50. The van der Waals surface area contributed by atoms with Gasteiger partial charge < -0.3 is 5.32 Å². The van der Waals surface area contributed by atoms with E-state index in [2.05, 4.69) is 26.9 Å². The zero-order chi connectivity index (χ0) is 13.7. The standard InChI is InChI=1S/C11H15N5OS2/c1-8(19-11-13-14-15-16(11)2)10(17)12-6-5-9-4-3-7-18-9/h3-4,7-8H,5-6H2,1-2H3,(H,12,17). The molecule has 19 heavy (non-hydrogen) atoms. The Balaban J connectivity index is 1.75. The minimum absolute atomic E-state index is 0.00422. The fourth-order valence-electron chi connectivity index (χ4n) is 1.44. The third-order valence-corrected chi connectivity index (χ3v) is 4.54. The van der Waals surface area contributed by atoms with Gasteiger partial charge in [-0.25, -0.2) is 4.68 Å². The zero-order valence-electron chi connectivity index (χ0n) is 10.7. The summed E-state index contributed by atoms with van der Waals surface area (Å²) in [7, 11) is 1.75.